The Hall–Kier alpha value is -1.84. The first-order valence-electron chi connectivity index (χ1n) is 7.95. The molecule has 1 N–H and O–H groups in total. The second-order valence-corrected chi connectivity index (χ2v) is 7.08. The lowest BCUT2D eigenvalue weighted by atomic mass is 9.75. The van der Waals surface area contributed by atoms with Gasteiger partial charge >= 0.3 is 5.97 Å². The third kappa shape index (κ3) is 2.74. The minimum absolute atomic E-state index is 0.0307. The third-order valence-electron chi connectivity index (χ3n) is 5.23. The van der Waals surface area contributed by atoms with E-state index in [1.165, 1.54) is 5.56 Å². The number of rotatable bonds is 5. The zero-order valence-corrected chi connectivity index (χ0v) is 13.2. The Morgan fingerprint density at radius 1 is 1.32 bits per heavy atom. The number of carbonyl (C=O) groups is 2. The van der Waals surface area contributed by atoms with Crippen LogP contribution < -0.4 is 5.32 Å². The van der Waals surface area contributed by atoms with Gasteiger partial charge in [-0.2, -0.15) is 0 Å². The molecule has 0 unspecified atom stereocenters. The van der Waals surface area contributed by atoms with E-state index in [9.17, 15) is 9.59 Å². The SMILES string of the molecule is CC(C)(c1ccccc1)C1(NC(=O)C[C@@H]2COC(=O)C2)CC1. The number of amides is 1. The highest BCUT2D eigenvalue weighted by molar-refractivity contribution is 5.80. The smallest absolute Gasteiger partial charge is 0.306 e. The van der Waals surface area contributed by atoms with Crippen molar-refractivity contribution in [3.63, 3.8) is 0 Å². The van der Waals surface area contributed by atoms with Gasteiger partial charge in [-0.1, -0.05) is 44.2 Å². The summed E-state index contributed by atoms with van der Waals surface area (Å²) in [5, 5.41) is 3.24. The molecule has 0 aromatic heterocycles. The maximum atomic E-state index is 12.4. The molecule has 22 heavy (non-hydrogen) atoms. The van der Waals surface area contributed by atoms with Crippen molar-refractivity contribution in [2.45, 2.75) is 50.5 Å². The summed E-state index contributed by atoms with van der Waals surface area (Å²) in [6.07, 6.45) is 2.74. The Bertz CT molecular complexity index is 575. The highest BCUT2D eigenvalue weighted by atomic mass is 16.5. The highest BCUT2D eigenvalue weighted by Crippen LogP contribution is 2.51. The van der Waals surface area contributed by atoms with Crippen LogP contribution in [0.1, 0.15) is 45.1 Å². The molecule has 1 heterocycles. The first kappa shape index (κ1) is 15.1. The number of hydrogen-bond acceptors (Lipinski definition) is 3. The second-order valence-electron chi connectivity index (χ2n) is 7.08. The fourth-order valence-corrected chi connectivity index (χ4v) is 3.44. The van der Waals surface area contributed by atoms with Gasteiger partial charge in [-0.05, 0) is 18.4 Å². The molecule has 1 saturated heterocycles. The summed E-state index contributed by atoms with van der Waals surface area (Å²) in [7, 11) is 0. The summed E-state index contributed by atoms with van der Waals surface area (Å²) >= 11 is 0. The van der Waals surface area contributed by atoms with Crippen LogP contribution in [0.2, 0.25) is 0 Å². The zero-order chi connectivity index (χ0) is 15.8. The summed E-state index contributed by atoms with van der Waals surface area (Å²) in [4.78, 5) is 23.5. The second kappa shape index (κ2) is 5.41. The lowest BCUT2D eigenvalue weighted by Gasteiger charge is -2.36. The van der Waals surface area contributed by atoms with Gasteiger partial charge in [0.25, 0.3) is 0 Å². The molecule has 1 aromatic rings. The lowest BCUT2D eigenvalue weighted by Crippen LogP contribution is -2.50. The minimum Gasteiger partial charge on any atom is -0.465 e. The van der Waals surface area contributed by atoms with E-state index in [1.54, 1.807) is 0 Å². The van der Waals surface area contributed by atoms with Crippen LogP contribution in [0.5, 0.6) is 0 Å². The van der Waals surface area contributed by atoms with Crippen LogP contribution in [-0.4, -0.2) is 24.0 Å². The molecule has 1 aromatic carbocycles. The highest BCUT2D eigenvalue weighted by Gasteiger charge is 2.56. The summed E-state index contributed by atoms with van der Waals surface area (Å²) < 4.78 is 4.93. The Balaban J connectivity index is 1.66. The molecule has 0 spiro atoms. The molecular formula is C18H23NO3. The average molecular weight is 301 g/mol. The van der Waals surface area contributed by atoms with Crippen molar-refractivity contribution in [1.29, 1.82) is 0 Å². The molecular weight excluding hydrogens is 278 g/mol. The molecule has 2 fully saturated rings. The van der Waals surface area contributed by atoms with Gasteiger partial charge in [-0.15, -0.1) is 0 Å². The van der Waals surface area contributed by atoms with Gasteiger partial charge in [0.2, 0.25) is 5.91 Å². The van der Waals surface area contributed by atoms with E-state index in [4.69, 9.17) is 4.74 Å². The molecule has 1 atom stereocenters. The van der Waals surface area contributed by atoms with Crippen LogP contribution in [0, 0.1) is 5.92 Å². The average Bonchev–Trinajstić information content (AvgIpc) is 3.16. The molecule has 0 radical (unpaired) electrons. The van der Waals surface area contributed by atoms with Crippen LogP contribution in [0.25, 0.3) is 0 Å². The molecule has 1 saturated carbocycles. The van der Waals surface area contributed by atoms with E-state index in [-0.39, 0.29) is 28.7 Å². The lowest BCUT2D eigenvalue weighted by molar-refractivity contribution is -0.138. The number of cyclic esters (lactones) is 1. The minimum atomic E-state index is -0.191. The Kier molecular flexibility index (Phi) is 3.71. The number of ether oxygens (including phenoxy) is 1. The van der Waals surface area contributed by atoms with Crippen molar-refractivity contribution in [1.82, 2.24) is 5.32 Å². The van der Waals surface area contributed by atoms with Crippen LogP contribution >= 0.6 is 0 Å². The standard InChI is InChI=1S/C18H23NO3/c1-17(2,14-6-4-3-5-7-14)18(8-9-18)19-15(20)10-13-11-16(21)22-12-13/h3-7,13H,8-12H2,1-2H3,(H,19,20)/t13-/m0/s1. The molecule has 3 rings (SSSR count). The van der Waals surface area contributed by atoms with E-state index in [0.717, 1.165) is 12.8 Å². The van der Waals surface area contributed by atoms with E-state index >= 15 is 0 Å². The van der Waals surface area contributed by atoms with Crippen molar-refractivity contribution >= 4 is 11.9 Å². The van der Waals surface area contributed by atoms with Crippen molar-refractivity contribution in [3.05, 3.63) is 35.9 Å². The molecule has 1 amide bonds. The van der Waals surface area contributed by atoms with Crippen LogP contribution in [0.3, 0.4) is 0 Å². The fourth-order valence-electron chi connectivity index (χ4n) is 3.44. The maximum Gasteiger partial charge on any atom is 0.306 e. The molecule has 1 aliphatic heterocycles. The van der Waals surface area contributed by atoms with Crippen LogP contribution in [0.4, 0.5) is 0 Å². The Labute approximate surface area is 131 Å². The summed E-state index contributed by atoms with van der Waals surface area (Å²) in [6.45, 7) is 4.76. The van der Waals surface area contributed by atoms with Crippen molar-refractivity contribution < 1.29 is 14.3 Å². The van der Waals surface area contributed by atoms with Gasteiger partial charge in [-0.3, -0.25) is 9.59 Å². The van der Waals surface area contributed by atoms with E-state index in [2.05, 4.69) is 31.3 Å². The number of benzene rings is 1. The van der Waals surface area contributed by atoms with Crippen LogP contribution in [-0.2, 0) is 19.7 Å². The molecule has 4 nitrogen and oxygen atoms in total. The Morgan fingerprint density at radius 2 is 2.00 bits per heavy atom. The van der Waals surface area contributed by atoms with Gasteiger partial charge in [0.1, 0.15) is 0 Å². The quantitative estimate of drug-likeness (QED) is 0.850. The number of nitrogens with one attached hydrogen (secondary N) is 1. The first-order valence-corrected chi connectivity index (χ1v) is 7.95. The van der Waals surface area contributed by atoms with Gasteiger partial charge < -0.3 is 10.1 Å². The molecule has 1 aliphatic carbocycles. The fraction of sp³-hybridized carbons (Fsp3) is 0.556. The van der Waals surface area contributed by atoms with Crippen LogP contribution in [0.15, 0.2) is 30.3 Å². The topological polar surface area (TPSA) is 55.4 Å². The summed E-state index contributed by atoms with van der Waals surface area (Å²) in [6, 6.07) is 10.3. The van der Waals surface area contributed by atoms with Crippen molar-refractivity contribution in [2.24, 2.45) is 5.92 Å². The molecule has 4 heteroatoms. The predicted molar refractivity (Wildman–Crippen MR) is 83.3 cm³/mol. The maximum absolute atomic E-state index is 12.4. The van der Waals surface area contributed by atoms with Crippen molar-refractivity contribution in [2.75, 3.05) is 6.61 Å². The third-order valence-corrected chi connectivity index (χ3v) is 5.23. The van der Waals surface area contributed by atoms with E-state index in [0.29, 0.717) is 19.4 Å². The van der Waals surface area contributed by atoms with Gasteiger partial charge in [0.15, 0.2) is 0 Å². The van der Waals surface area contributed by atoms with Crippen molar-refractivity contribution in [3.8, 4) is 0 Å². The molecule has 0 bridgehead atoms. The largest absolute Gasteiger partial charge is 0.465 e. The molecule has 2 aliphatic rings. The van der Waals surface area contributed by atoms with E-state index in [1.807, 2.05) is 18.2 Å². The van der Waals surface area contributed by atoms with Gasteiger partial charge in [-0.25, -0.2) is 0 Å². The summed E-state index contributed by atoms with van der Waals surface area (Å²) in [5.41, 5.74) is 0.980. The van der Waals surface area contributed by atoms with Gasteiger partial charge in [0, 0.05) is 23.3 Å². The normalized spacial score (nSPS) is 23.0. The Morgan fingerprint density at radius 3 is 2.55 bits per heavy atom. The van der Waals surface area contributed by atoms with E-state index < -0.39 is 0 Å². The molecule has 118 valence electrons. The predicted octanol–water partition coefficient (Wildman–Crippen LogP) is 2.57. The number of carbonyl (C=O) groups excluding carboxylic acids is 2. The first-order chi connectivity index (χ1) is 10.4. The monoisotopic (exact) mass is 301 g/mol. The summed E-state index contributed by atoms with van der Waals surface area (Å²) in [5.74, 6) is -0.128. The number of hydrogen-bond donors (Lipinski definition) is 1. The number of esters is 1. The zero-order valence-electron chi connectivity index (χ0n) is 13.2. The van der Waals surface area contributed by atoms with Gasteiger partial charge in [0.05, 0.1) is 13.0 Å².